The molecule has 4 heteroatoms. The maximum Gasteiger partial charge on any atom is 0.309 e. The van der Waals surface area contributed by atoms with E-state index in [2.05, 4.69) is 13.8 Å². The minimum absolute atomic E-state index is 0.0469. The lowest BCUT2D eigenvalue weighted by Gasteiger charge is -2.15. The summed E-state index contributed by atoms with van der Waals surface area (Å²) in [7, 11) is 0. The van der Waals surface area contributed by atoms with Crippen molar-refractivity contribution in [2.24, 2.45) is 5.92 Å². The third-order valence-corrected chi connectivity index (χ3v) is 2.62. The van der Waals surface area contributed by atoms with Crippen LogP contribution in [0.25, 0.3) is 0 Å². The van der Waals surface area contributed by atoms with E-state index in [1.165, 1.54) is 0 Å². The molecule has 1 rings (SSSR count). The highest BCUT2D eigenvalue weighted by molar-refractivity contribution is 5.69. The molecular weight excluding hydrogens is 242 g/mol. The van der Waals surface area contributed by atoms with Crippen molar-refractivity contribution >= 4 is 11.7 Å². The first-order valence-corrected chi connectivity index (χ1v) is 6.65. The zero-order valence-electron chi connectivity index (χ0n) is 11.9. The smallest absolute Gasteiger partial charge is 0.309 e. The fourth-order valence-corrected chi connectivity index (χ4v) is 1.85. The topological polar surface area (TPSA) is 61.5 Å². The molecule has 0 fully saturated rings. The summed E-state index contributed by atoms with van der Waals surface area (Å²) in [5.74, 6) is 0.886. The van der Waals surface area contributed by atoms with Crippen LogP contribution in [-0.2, 0) is 9.53 Å². The van der Waals surface area contributed by atoms with Gasteiger partial charge in [-0.1, -0.05) is 26.0 Å². The molecule has 4 nitrogen and oxygen atoms in total. The van der Waals surface area contributed by atoms with Gasteiger partial charge in [-0.3, -0.25) is 4.79 Å². The number of nitrogen functional groups attached to an aromatic ring is 1. The van der Waals surface area contributed by atoms with Gasteiger partial charge in [-0.25, -0.2) is 0 Å². The Morgan fingerprint density at radius 1 is 1.26 bits per heavy atom. The fourth-order valence-electron chi connectivity index (χ4n) is 1.85. The lowest BCUT2D eigenvalue weighted by Crippen LogP contribution is -2.18. The van der Waals surface area contributed by atoms with E-state index < -0.39 is 0 Å². The minimum atomic E-state index is -0.234. The van der Waals surface area contributed by atoms with E-state index in [9.17, 15) is 4.79 Å². The molecule has 1 aromatic rings. The van der Waals surface area contributed by atoms with Crippen LogP contribution >= 0.6 is 0 Å². The van der Waals surface area contributed by atoms with Crippen molar-refractivity contribution in [3.63, 3.8) is 0 Å². The van der Waals surface area contributed by atoms with Gasteiger partial charge in [0.05, 0.1) is 24.8 Å². The number of esters is 1. The summed E-state index contributed by atoms with van der Waals surface area (Å²) in [5.41, 5.74) is 6.30. The van der Waals surface area contributed by atoms with Crippen molar-refractivity contribution in [3.8, 4) is 5.75 Å². The molecule has 0 spiro atoms. The number of ether oxygens (including phenoxy) is 2. The number of anilines is 1. The summed E-state index contributed by atoms with van der Waals surface area (Å²) in [4.78, 5) is 11.6. The van der Waals surface area contributed by atoms with Crippen molar-refractivity contribution < 1.29 is 14.3 Å². The third-order valence-electron chi connectivity index (χ3n) is 2.62. The monoisotopic (exact) mass is 265 g/mol. The predicted molar refractivity (Wildman–Crippen MR) is 76.0 cm³/mol. The number of rotatable bonds is 7. The van der Waals surface area contributed by atoms with Crippen LogP contribution in [0.15, 0.2) is 24.3 Å². The van der Waals surface area contributed by atoms with E-state index in [0.29, 0.717) is 17.4 Å². The number of nitrogens with two attached hydrogens (primary N) is 1. The highest BCUT2D eigenvalue weighted by Crippen LogP contribution is 2.19. The molecule has 0 aliphatic heterocycles. The van der Waals surface area contributed by atoms with Crippen molar-refractivity contribution in [1.82, 2.24) is 0 Å². The molecule has 0 saturated heterocycles. The second kappa shape index (κ2) is 7.67. The van der Waals surface area contributed by atoms with E-state index in [1.54, 1.807) is 12.1 Å². The first kappa shape index (κ1) is 15.3. The van der Waals surface area contributed by atoms with E-state index in [4.69, 9.17) is 15.2 Å². The number of carbonyl (C=O) groups excluding carboxylic acids is 1. The summed E-state index contributed by atoms with van der Waals surface area (Å²) in [5, 5.41) is 0. The van der Waals surface area contributed by atoms with Gasteiger partial charge in [0.15, 0.2) is 0 Å². The summed E-state index contributed by atoms with van der Waals surface area (Å²) in [6.45, 7) is 6.40. The number of carbonyl (C=O) groups is 1. The Hall–Kier alpha value is -1.71. The fraction of sp³-hybridized carbons (Fsp3) is 0.533. The maximum absolute atomic E-state index is 11.6. The SMILES string of the molecule is CC(C)CC(C)OC(=O)CCOc1ccccc1N. The molecule has 0 bridgehead atoms. The summed E-state index contributed by atoms with van der Waals surface area (Å²) in [6.07, 6.45) is 1.06. The predicted octanol–water partition coefficient (Wildman–Crippen LogP) is 3.02. The van der Waals surface area contributed by atoms with Gasteiger partial charge in [0, 0.05) is 0 Å². The first-order chi connectivity index (χ1) is 8.99. The molecule has 0 aromatic heterocycles. The quantitative estimate of drug-likeness (QED) is 0.608. The molecular formula is C15H23NO3. The van der Waals surface area contributed by atoms with Crippen LogP contribution in [0.5, 0.6) is 5.75 Å². The number of benzene rings is 1. The first-order valence-electron chi connectivity index (χ1n) is 6.65. The van der Waals surface area contributed by atoms with Gasteiger partial charge >= 0.3 is 5.97 Å². The normalized spacial score (nSPS) is 12.2. The highest BCUT2D eigenvalue weighted by Gasteiger charge is 2.11. The zero-order chi connectivity index (χ0) is 14.3. The average molecular weight is 265 g/mol. The molecule has 0 radical (unpaired) electrons. The molecule has 0 aliphatic rings. The Morgan fingerprint density at radius 3 is 2.58 bits per heavy atom. The van der Waals surface area contributed by atoms with Crippen molar-refractivity contribution in [2.45, 2.75) is 39.7 Å². The van der Waals surface area contributed by atoms with Gasteiger partial charge in [-0.15, -0.1) is 0 Å². The van der Waals surface area contributed by atoms with Gasteiger partial charge in [0.1, 0.15) is 5.75 Å². The molecule has 19 heavy (non-hydrogen) atoms. The Morgan fingerprint density at radius 2 is 1.95 bits per heavy atom. The van der Waals surface area contributed by atoms with E-state index in [1.807, 2.05) is 19.1 Å². The Balaban J connectivity index is 2.26. The molecule has 2 N–H and O–H groups in total. The maximum atomic E-state index is 11.6. The van der Waals surface area contributed by atoms with Crippen LogP contribution in [0, 0.1) is 5.92 Å². The number of hydrogen-bond donors (Lipinski definition) is 1. The molecule has 1 atom stereocenters. The average Bonchev–Trinajstić information content (AvgIpc) is 2.30. The standard InChI is InChI=1S/C15H23NO3/c1-11(2)10-12(3)19-15(17)8-9-18-14-7-5-4-6-13(14)16/h4-7,11-12H,8-10,16H2,1-3H3. The third kappa shape index (κ3) is 6.13. The van der Waals surface area contributed by atoms with Crippen LogP contribution < -0.4 is 10.5 Å². The molecule has 0 aliphatic carbocycles. The molecule has 0 heterocycles. The second-order valence-corrected chi connectivity index (χ2v) is 5.07. The van der Waals surface area contributed by atoms with E-state index >= 15 is 0 Å². The molecule has 1 aromatic carbocycles. The van der Waals surface area contributed by atoms with Crippen LogP contribution in [0.2, 0.25) is 0 Å². The molecule has 0 saturated carbocycles. The molecule has 0 amide bonds. The van der Waals surface area contributed by atoms with Crippen LogP contribution in [0.3, 0.4) is 0 Å². The van der Waals surface area contributed by atoms with Gasteiger partial charge in [0.25, 0.3) is 0 Å². The minimum Gasteiger partial charge on any atom is -0.491 e. The Labute approximate surface area is 114 Å². The van der Waals surface area contributed by atoms with E-state index in [-0.39, 0.29) is 25.1 Å². The summed E-state index contributed by atoms with van der Waals surface area (Å²) in [6, 6.07) is 7.22. The van der Waals surface area contributed by atoms with E-state index in [0.717, 1.165) is 6.42 Å². The van der Waals surface area contributed by atoms with Crippen LogP contribution in [-0.4, -0.2) is 18.7 Å². The van der Waals surface area contributed by atoms with Crippen LogP contribution in [0.1, 0.15) is 33.6 Å². The largest absolute Gasteiger partial charge is 0.491 e. The van der Waals surface area contributed by atoms with Crippen molar-refractivity contribution in [1.29, 1.82) is 0 Å². The lowest BCUT2D eigenvalue weighted by molar-refractivity contribution is -0.149. The highest BCUT2D eigenvalue weighted by atomic mass is 16.5. The molecule has 1 unspecified atom stereocenters. The second-order valence-electron chi connectivity index (χ2n) is 5.07. The van der Waals surface area contributed by atoms with Gasteiger partial charge < -0.3 is 15.2 Å². The lowest BCUT2D eigenvalue weighted by atomic mass is 10.1. The zero-order valence-corrected chi connectivity index (χ0v) is 11.9. The van der Waals surface area contributed by atoms with Crippen LogP contribution in [0.4, 0.5) is 5.69 Å². The summed E-state index contributed by atoms with van der Waals surface area (Å²) >= 11 is 0. The Kier molecular flexibility index (Phi) is 6.19. The Bertz CT molecular complexity index is 404. The van der Waals surface area contributed by atoms with Crippen molar-refractivity contribution in [2.75, 3.05) is 12.3 Å². The molecule has 106 valence electrons. The van der Waals surface area contributed by atoms with Gasteiger partial charge in [-0.2, -0.15) is 0 Å². The van der Waals surface area contributed by atoms with Gasteiger partial charge in [-0.05, 0) is 31.4 Å². The van der Waals surface area contributed by atoms with Gasteiger partial charge in [0.2, 0.25) is 0 Å². The van der Waals surface area contributed by atoms with Crippen molar-refractivity contribution in [3.05, 3.63) is 24.3 Å². The summed E-state index contributed by atoms with van der Waals surface area (Å²) < 4.78 is 10.7. The number of para-hydroxylation sites is 2. The number of hydrogen-bond acceptors (Lipinski definition) is 4.